The second-order valence-corrected chi connectivity index (χ2v) is 10.7. The van der Waals surface area contributed by atoms with Gasteiger partial charge in [0, 0.05) is 23.8 Å². The Hall–Kier alpha value is -4.94. The molecule has 0 bridgehead atoms. The van der Waals surface area contributed by atoms with E-state index in [4.69, 9.17) is 25.8 Å². The average Bonchev–Trinajstić information content (AvgIpc) is 2.98. The summed E-state index contributed by atoms with van der Waals surface area (Å²) in [7, 11) is -2.75. The van der Waals surface area contributed by atoms with E-state index in [0.29, 0.717) is 22.8 Å². The molecule has 0 fully saturated rings. The number of rotatable bonds is 10. The maximum Gasteiger partial charge on any atom is 0.520 e. The van der Waals surface area contributed by atoms with Crippen LogP contribution in [0.4, 0.5) is 4.79 Å². The highest BCUT2D eigenvalue weighted by Crippen LogP contribution is 2.22. The highest BCUT2D eigenvalue weighted by Gasteiger charge is 2.20. The lowest BCUT2D eigenvalue weighted by molar-refractivity contribution is 0.0948. The van der Waals surface area contributed by atoms with E-state index in [9.17, 15) is 22.8 Å². The van der Waals surface area contributed by atoms with Crippen molar-refractivity contribution >= 4 is 39.6 Å². The molecule has 0 radical (unpaired) electrons. The van der Waals surface area contributed by atoms with Crippen LogP contribution in [0.5, 0.6) is 17.4 Å². The Labute approximate surface area is 246 Å². The van der Waals surface area contributed by atoms with Crippen molar-refractivity contribution in [2.24, 2.45) is 0 Å². The molecule has 0 aliphatic rings. The summed E-state index contributed by atoms with van der Waals surface area (Å²) < 4.78 is 42.6. The first-order valence-electron chi connectivity index (χ1n) is 12.3. The van der Waals surface area contributed by atoms with Crippen LogP contribution in [0.15, 0.2) is 96.0 Å². The molecule has 0 spiro atoms. The van der Waals surface area contributed by atoms with E-state index in [1.54, 1.807) is 54.6 Å². The number of pyridine rings is 1. The van der Waals surface area contributed by atoms with E-state index in [1.165, 1.54) is 37.4 Å². The van der Waals surface area contributed by atoms with E-state index >= 15 is 0 Å². The first kappa shape index (κ1) is 30.0. The molecule has 11 nitrogen and oxygen atoms in total. The second kappa shape index (κ2) is 13.6. The minimum Gasteiger partial charge on any atom is -0.496 e. The number of aromatic nitrogens is 1. The number of nitrogens with zero attached hydrogens (tertiary/aromatic N) is 1. The first-order valence-corrected chi connectivity index (χ1v) is 14.2. The fraction of sp³-hybridized carbons (Fsp3) is 0.103. The predicted molar refractivity (Wildman–Crippen MR) is 152 cm³/mol. The molecule has 0 saturated carbocycles. The fourth-order valence-electron chi connectivity index (χ4n) is 3.61. The van der Waals surface area contributed by atoms with Gasteiger partial charge in [-0.3, -0.25) is 9.59 Å². The van der Waals surface area contributed by atoms with Crippen molar-refractivity contribution < 1.29 is 37.0 Å². The quantitative estimate of drug-likeness (QED) is 0.197. The van der Waals surface area contributed by atoms with Gasteiger partial charge in [0.25, 0.3) is 21.8 Å². The number of ether oxygens (including phenoxy) is 3. The van der Waals surface area contributed by atoms with E-state index in [0.717, 1.165) is 11.8 Å². The van der Waals surface area contributed by atoms with Crippen LogP contribution in [0, 0.1) is 0 Å². The fourth-order valence-corrected chi connectivity index (χ4v) is 4.76. The Morgan fingerprint density at radius 2 is 1.62 bits per heavy atom. The van der Waals surface area contributed by atoms with Crippen molar-refractivity contribution in [1.82, 2.24) is 15.0 Å². The van der Waals surface area contributed by atoms with Crippen molar-refractivity contribution in [3.05, 3.63) is 113 Å². The molecule has 42 heavy (non-hydrogen) atoms. The molecule has 2 N–H and O–H groups in total. The monoisotopic (exact) mass is 609 g/mol. The topological polar surface area (TPSA) is 150 Å². The molecule has 1 aromatic heterocycles. The van der Waals surface area contributed by atoms with Crippen LogP contribution in [0.1, 0.15) is 26.3 Å². The zero-order valence-corrected chi connectivity index (χ0v) is 23.6. The lowest BCUT2D eigenvalue weighted by Crippen LogP contribution is -2.30. The van der Waals surface area contributed by atoms with Crippen molar-refractivity contribution in [3.63, 3.8) is 0 Å². The first-order chi connectivity index (χ1) is 20.1. The van der Waals surface area contributed by atoms with Crippen LogP contribution in [-0.4, -0.2) is 45.0 Å². The van der Waals surface area contributed by atoms with Gasteiger partial charge in [-0.1, -0.05) is 41.9 Å². The summed E-state index contributed by atoms with van der Waals surface area (Å²) >= 11 is 5.98. The third-order valence-electron chi connectivity index (χ3n) is 5.70. The van der Waals surface area contributed by atoms with E-state index in [-0.39, 0.29) is 34.5 Å². The zero-order valence-electron chi connectivity index (χ0n) is 22.1. The van der Waals surface area contributed by atoms with Gasteiger partial charge in [-0.15, -0.1) is 0 Å². The number of nitrogens with one attached hydrogen (secondary N) is 2. The summed E-state index contributed by atoms with van der Waals surface area (Å²) in [6.07, 6.45) is 0.452. The van der Waals surface area contributed by atoms with Gasteiger partial charge >= 0.3 is 6.16 Å². The minimum absolute atomic E-state index is 0.0777. The van der Waals surface area contributed by atoms with Crippen molar-refractivity contribution in [3.8, 4) is 17.4 Å². The SMILES string of the molecule is COc1ccc(Cl)cc1C(=O)NCCc1ccc(S(=O)(=O)NC(=O)c2ccc(OC(=O)Oc3ccccc3)nc2)cc1. The number of carbonyl (C=O) groups excluding carboxylic acids is 3. The van der Waals surface area contributed by atoms with Crippen LogP contribution in [0.25, 0.3) is 0 Å². The number of hydrogen-bond acceptors (Lipinski definition) is 9. The number of carbonyl (C=O) groups is 3. The van der Waals surface area contributed by atoms with Gasteiger partial charge < -0.3 is 19.5 Å². The Kier molecular flexibility index (Phi) is 9.73. The van der Waals surface area contributed by atoms with E-state index in [1.807, 2.05) is 4.72 Å². The van der Waals surface area contributed by atoms with Crippen LogP contribution in [0.2, 0.25) is 5.02 Å². The summed E-state index contributed by atoms with van der Waals surface area (Å²) in [5, 5.41) is 3.17. The summed E-state index contributed by atoms with van der Waals surface area (Å²) in [4.78, 5) is 40.6. The van der Waals surface area contributed by atoms with Gasteiger partial charge in [0.15, 0.2) is 0 Å². The Balaban J connectivity index is 1.29. The molecule has 0 unspecified atom stereocenters. The van der Waals surface area contributed by atoms with Crippen LogP contribution < -0.4 is 24.2 Å². The standard InChI is InChI=1S/C29H24ClN3O8S/c1-39-25-13-10-21(30)17-24(25)28(35)31-16-15-19-7-11-23(12-8-19)42(37,38)33-27(34)20-9-14-26(32-18-20)41-29(36)40-22-5-3-2-4-6-22/h2-14,17-18H,15-16H2,1H3,(H,31,35)(H,33,34). The summed E-state index contributed by atoms with van der Waals surface area (Å²) in [5.41, 5.74) is 0.973. The lowest BCUT2D eigenvalue weighted by Gasteiger charge is -2.10. The highest BCUT2D eigenvalue weighted by atomic mass is 35.5. The minimum atomic E-state index is -4.20. The molecular formula is C29H24ClN3O8S. The highest BCUT2D eigenvalue weighted by molar-refractivity contribution is 7.90. The largest absolute Gasteiger partial charge is 0.520 e. The van der Waals surface area contributed by atoms with Gasteiger partial charge in [-0.05, 0) is 60.5 Å². The predicted octanol–water partition coefficient (Wildman–Crippen LogP) is 4.41. The number of sulfonamides is 1. The molecule has 0 aliphatic carbocycles. The Morgan fingerprint density at radius 1 is 0.881 bits per heavy atom. The third kappa shape index (κ3) is 8.05. The van der Waals surface area contributed by atoms with Gasteiger partial charge in [0.2, 0.25) is 5.88 Å². The molecule has 4 aromatic rings. The molecule has 1 heterocycles. The van der Waals surface area contributed by atoms with Crippen molar-refractivity contribution in [1.29, 1.82) is 0 Å². The van der Waals surface area contributed by atoms with Gasteiger partial charge in [0.05, 0.1) is 23.1 Å². The molecule has 0 saturated heterocycles. The van der Waals surface area contributed by atoms with E-state index < -0.39 is 22.1 Å². The molecule has 0 aliphatic heterocycles. The molecule has 216 valence electrons. The Morgan fingerprint density at radius 3 is 2.29 bits per heavy atom. The smallest absolute Gasteiger partial charge is 0.496 e. The number of hydrogen-bond donors (Lipinski definition) is 2. The van der Waals surface area contributed by atoms with Gasteiger partial charge in [-0.2, -0.15) is 0 Å². The molecule has 13 heteroatoms. The summed E-state index contributed by atoms with van der Waals surface area (Å²) in [6.45, 7) is 0.272. The van der Waals surface area contributed by atoms with Gasteiger partial charge in [0.1, 0.15) is 11.5 Å². The number of halogens is 1. The van der Waals surface area contributed by atoms with Crippen LogP contribution in [-0.2, 0) is 16.4 Å². The van der Waals surface area contributed by atoms with E-state index in [2.05, 4.69) is 10.3 Å². The number of amides is 2. The molecule has 3 aromatic carbocycles. The number of methoxy groups -OCH3 is 1. The number of benzene rings is 3. The van der Waals surface area contributed by atoms with Crippen molar-refractivity contribution in [2.75, 3.05) is 13.7 Å². The van der Waals surface area contributed by atoms with Gasteiger partial charge in [-0.25, -0.2) is 22.9 Å². The van der Waals surface area contributed by atoms with Crippen LogP contribution >= 0.6 is 11.6 Å². The lowest BCUT2D eigenvalue weighted by atomic mass is 10.1. The third-order valence-corrected chi connectivity index (χ3v) is 7.28. The zero-order chi connectivity index (χ0) is 30.1. The maximum absolute atomic E-state index is 12.7. The maximum atomic E-state index is 12.7. The molecular weight excluding hydrogens is 586 g/mol. The number of para-hydroxylation sites is 1. The summed E-state index contributed by atoms with van der Waals surface area (Å²) in [5.74, 6) is -0.772. The molecule has 4 rings (SSSR count). The van der Waals surface area contributed by atoms with Crippen LogP contribution in [0.3, 0.4) is 0 Å². The Bertz CT molecular complexity index is 1680. The summed E-state index contributed by atoms with van der Waals surface area (Å²) in [6, 6.07) is 21.3. The second-order valence-electron chi connectivity index (χ2n) is 8.58. The molecule has 0 atom stereocenters. The molecule has 2 amide bonds. The normalized spacial score (nSPS) is 10.8. The average molecular weight is 610 g/mol. The van der Waals surface area contributed by atoms with Crippen molar-refractivity contribution in [2.45, 2.75) is 11.3 Å².